The lowest BCUT2D eigenvalue weighted by Crippen LogP contribution is -2.55. The van der Waals surface area contributed by atoms with Crippen LogP contribution < -0.4 is 11.1 Å². The third kappa shape index (κ3) is 2.19. The van der Waals surface area contributed by atoms with Gasteiger partial charge < -0.3 is 15.8 Å². The number of ether oxygens (including phenoxy) is 1. The van der Waals surface area contributed by atoms with Crippen LogP contribution in [0.5, 0.6) is 0 Å². The lowest BCUT2D eigenvalue weighted by molar-refractivity contribution is -0.105. The van der Waals surface area contributed by atoms with Crippen LogP contribution in [0.3, 0.4) is 0 Å². The third-order valence-corrected chi connectivity index (χ3v) is 2.69. The topological polar surface area (TPSA) is 47.3 Å². The molecule has 1 saturated heterocycles. The summed E-state index contributed by atoms with van der Waals surface area (Å²) in [5.74, 6) is 0. The second kappa shape index (κ2) is 4.21. The molecule has 0 aromatic heterocycles. The van der Waals surface area contributed by atoms with Crippen LogP contribution in [0.15, 0.2) is 0 Å². The molecule has 1 fully saturated rings. The number of nitrogens with one attached hydrogen (secondary N) is 1. The molecule has 0 aromatic rings. The first-order valence-electron chi connectivity index (χ1n) is 4.73. The van der Waals surface area contributed by atoms with Crippen LogP contribution in [-0.4, -0.2) is 32.3 Å². The van der Waals surface area contributed by atoms with Crippen molar-refractivity contribution < 1.29 is 4.74 Å². The summed E-state index contributed by atoms with van der Waals surface area (Å²) < 4.78 is 5.18. The Balaban J connectivity index is 2.20. The third-order valence-electron chi connectivity index (χ3n) is 2.69. The molecule has 3 heteroatoms. The van der Waals surface area contributed by atoms with Gasteiger partial charge in [-0.1, -0.05) is 6.92 Å². The summed E-state index contributed by atoms with van der Waals surface area (Å²) in [6, 6.07) is 0.592. The van der Waals surface area contributed by atoms with Crippen molar-refractivity contribution >= 4 is 0 Å². The highest BCUT2D eigenvalue weighted by molar-refractivity contribution is 4.89. The normalized spacial score (nSPS) is 23.2. The van der Waals surface area contributed by atoms with Crippen LogP contribution in [0, 0.1) is 5.41 Å². The second-order valence-electron chi connectivity index (χ2n) is 3.89. The number of hydrogen-bond donors (Lipinski definition) is 2. The summed E-state index contributed by atoms with van der Waals surface area (Å²) in [6.45, 7) is 7.77. The minimum atomic E-state index is 0.240. The summed E-state index contributed by atoms with van der Waals surface area (Å²) >= 11 is 0. The smallest absolute Gasteiger partial charge is 0.0569 e. The highest BCUT2D eigenvalue weighted by Gasteiger charge is 2.36. The minimum Gasteiger partial charge on any atom is -0.380 e. The van der Waals surface area contributed by atoms with Crippen LogP contribution in [0.1, 0.15) is 20.3 Å². The molecule has 1 unspecified atom stereocenters. The number of hydrogen-bond acceptors (Lipinski definition) is 3. The van der Waals surface area contributed by atoms with Crippen molar-refractivity contribution in [2.75, 3.05) is 26.3 Å². The number of nitrogens with two attached hydrogens (primary N) is 1. The van der Waals surface area contributed by atoms with E-state index in [0.29, 0.717) is 6.04 Å². The highest BCUT2D eigenvalue weighted by atomic mass is 16.5. The van der Waals surface area contributed by atoms with E-state index in [-0.39, 0.29) is 5.41 Å². The first kappa shape index (κ1) is 9.96. The van der Waals surface area contributed by atoms with E-state index in [1.807, 2.05) is 0 Å². The molecule has 3 nitrogen and oxygen atoms in total. The molecule has 0 amide bonds. The van der Waals surface area contributed by atoms with Gasteiger partial charge in [0.2, 0.25) is 0 Å². The Morgan fingerprint density at radius 3 is 2.58 bits per heavy atom. The van der Waals surface area contributed by atoms with Crippen molar-refractivity contribution in [3.63, 3.8) is 0 Å². The van der Waals surface area contributed by atoms with E-state index in [1.165, 1.54) is 6.42 Å². The molecule has 1 atom stereocenters. The first-order chi connectivity index (χ1) is 5.72. The molecule has 1 aliphatic heterocycles. The van der Waals surface area contributed by atoms with Gasteiger partial charge in [-0.3, -0.25) is 0 Å². The van der Waals surface area contributed by atoms with Gasteiger partial charge in [-0.25, -0.2) is 0 Å². The molecule has 0 aliphatic carbocycles. The van der Waals surface area contributed by atoms with E-state index in [9.17, 15) is 0 Å². The van der Waals surface area contributed by atoms with Crippen molar-refractivity contribution in [3.05, 3.63) is 0 Å². The molecule has 0 aromatic carbocycles. The molecular weight excluding hydrogens is 152 g/mol. The zero-order chi connectivity index (χ0) is 9.03. The summed E-state index contributed by atoms with van der Waals surface area (Å²) in [7, 11) is 0. The SMILES string of the molecule is CCC(C)NCC1(CN)COC1. The maximum Gasteiger partial charge on any atom is 0.0569 e. The van der Waals surface area contributed by atoms with Gasteiger partial charge in [0, 0.05) is 24.5 Å². The Hall–Kier alpha value is -0.120. The molecule has 1 heterocycles. The van der Waals surface area contributed by atoms with E-state index >= 15 is 0 Å². The highest BCUT2D eigenvalue weighted by Crippen LogP contribution is 2.24. The predicted molar refractivity (Wildman–Crippen MR) is 50.1 cm³/mol. The van der Waals surface area contributed by atoms with Gasteiger partial charge >= 0.3 is 0 Å². The molecule has 1 rings (SSSR count). The van der Waals surface area contributed by atoms with Crippen LogP contribution in [0.2, 0.25) is 0 Å². The fourth-order valence-electron chi connectivity index (χ4n) is 1.22. The number of rotatable bonds is 5. The fourth-order valence-corrected chi connectivity index (χ4v) is 1.22. The van der Waals surface area contributed by atoms with Gasteiger partial charge in [-0.2, -0.15) is 0 Å². The molecule has 0 spiro atoms. The van der Waals surface area contributed by atoms with Crippen molar-refractivity contribution in [1.82, 2.24) is 5.32 Å². The molecule has 0 radical (unpaired) electrons. The van der Waals surface area contributed by atoms with Crippen molar-refractivity contribution in [2.45, 2.75) is 26.3 Å². The quantitative estimate of drug-likeness (QED) is 0.629. The van der Waals surface area contributed by atoms with E-state index in [1.54, 1.807) is 0 Å². The van der Waals surface area contributed by atoms with Gasteiger partial charge in [-0.05, 0) is 13.3 Å². The van der Waals surface area contributed by atoms with Gasteiger partial charge in [0.25, 0.3) is 0 Å². The summed E-state index contributed by atoms with van der Waals surface area (Å²) in [4.78, 5) is 0. The van der Waals surface area contributed by atoms with Crippen molar-refractivity contribution in [2.24, 2.45) is 11.1 Å². The largest absolute Gasteiger partial charge is 0.380 e. The molecule has 12 heavy (non-hydrogen) atoms. The second-order valence-corrected chi connectivity index (χ2v) is 3.89. The average Bonchev–Trinajstić information content (AvgIpc) is 2.03. The van der Waals surface area contributed by atoms with E-state index in [2.05, 4.69) is 19.2 Å². The van der Waals surface area contributed by atoms with Crippen LogP contribution in [-0.2, 0) is 4.74 Å². The standard InChI is InChI=1S/C9H20N2O/c1-3-8(2)11-5-9(4-10)6-12-7-9/h8,11H,3-7,10H2,1-2H3. The maximum atomic E-state index is 5.68. The molecule has 72 valence electrons. The molecule has 1 aliphatic rings. The lowest BCUT2D eigenvalue weighted by atomic mass is 9.86. The van der Waals surface area contributed by atoms with E-state index in [0.717, 1.165) is 26.3 Å². The fraction of sp³-hybridized carbons (Fsp3) is 1.00. The molecular formula is C9H20N2O. The maximum absolute atomic E-state index is 5.68. The zero-order valence-corrected chi connectivity index (χ0v) is 8.10. The predicted octanol–water partition coefficient (Wildman–Crippen LogP) is 0.350. The summed E-state index contributed by atoms with van der Waals surface area (Å²) in [5.41, 5.74) is 5.92. The summed E-state index contributed by atoms with van der Waals surface area (Å²) in [5, 5.41) is 3.47. The van der Waals surface area contributed by atoms with Gasteiger partial charge in [0.05, 0.1) is 13.2 Å². The Morgan fingerprint density at radius 1 is 1.58 bits per heavy atom. The van der Waals surface area contributed by atoms with Gasteiger partial charge in [0.15, 0.2) is 0 Å². The Kier molecular flexibility index (Phi) is 3.50. The lowest BCUT2D eigenvalue weighted by Gasteiger charge is -2.41. The van der Waals surface area contributed by atoms with E-state index in [4.69, 9.17) is 10.5 Å². The van der Waals surface area contributed by atoms with Crippen molar-refractivity contribution in [1.29, 1.82) is 0 Å². The van der Waals surface area contributed by atoms with Gasteiger partial charge in [-0.15, -0.1) is 0 Å². The summed E-state index contributed by atoms with van der Waals surface area (Å²) in [6.07, 6.45) is 1.17. The van der Waals surface area contributed by atoms with Crippen LogP contribution >= 0.6 is 0 Å². The Labute approximate surface area is 74.7 Å². The monoisotopic (exact) mass is 172 g/mol. The molecule has 3 N–H and O–H groups in total. The Morgan fingerprint density at radius 2 is 2.25 bits per heavy atom. The Bertz CT molecular complexity index is 129. The minimum absolute atomic E-state index is 0.240. The van der Waals surface area contributed by atoms with Crippen LogP contribution in [0.25, 0.3) is 0 Å². The van der Waals surface area contributed by atoms with Crippen LogP contribution in [0.4, 0.5) is 0 Å². The van der Waals surface area contributed by atoms with E-state index < -0.39 is 0 Å². The van der Waals surface area contributed by atoms with Gasteiger partial charge in [0.1, 0.15) is 0 Å². The molecule has 0 bridgehead atoms. The average molecular weight is 172 g/mol. The first-order valence-corrected chi connectivity index (χ1v) is 4.73. The molecule has 0 saturated carbocycles. The van der Waals surface area contributed by atoms with Crippen molar-refractivity contribution in [3.8, 4) is 0 Å². The zero-order valence-electron chi connectivity index (χ0n) is 8.10.